The minimum absolute atomic E-state index is 0.186. The predicted octanol–water partition coefficient (Wildman–Crippen LogP) is 3.13. The highest BCUT2D eigenvalue weighted by molar-refractivity contribution is 5.26. The van der Waals surface area contributed by atoms with Crippen LogP contribution in [-0.4, -0.2) is 34.7 Å². The van der Waals surface area contributed by atoms with Gasteiger partial charge in [-0.3, -0.25) is 0 Å². The number of likely N-dealkylation sites (N-methyl/N-ethyl adjacent to an activating group) is 1. The molecule has 22 heavy (non-hydrogen) atoms. The average molecular weight is 303 g/mol. The van der Waals surface area contributed by atoms with E-state index in [4.69, 9.17) is 0 Å². The summed E-state index contributed by atoms with van der Waals surface area (Å²) in [5, 5.41) is 19.5. The number of benzene rings is 2. The van der Waals surface area contributed by atoms with Crippen molar-refractivity contribution in [3.8, 4) is 5.75 Å². The van der Waals surface area contributed by atoms with Crippen LogP contribution in [0.3, 0.4) is 0 Å². The summed E-state index contributed by atoms with van der Waals surface area (Å²) in [5.74, 6) is -0.130. The molecule has 0 aromatic heterocycles. The number of nitrogens with zero attached hydrogens (tertiary/aromatic N) is 1. The molecule has 0 fully saturated rings. The number of hydrogen-bond donors (Lipinski definition) is 2. The molecule has 2 unspecified atom stereocenters. The molecule has 0 aliphatic heterocycles. The van der Waals surface area contributed by atoms with E-state index in [1.54, 1.807) is 30.3 Å². The maximum Gasteiger partial charge on any atom is 0.129 e. The molecule has 2 atom stereocenters. The summed E-state index contributed by atoms with van der Waals surface area (Å²) in [6.07, 6.45) is -0.0608. The van der Waals surface area contributed by atoms with Crippen molar-refractivity contribution < 1.29 is 14.6 Å². The van der Waals surface area contributed by atoms with Crippen LogP contribution in [0.5, 0.6) is 5.75 Å². The lowest BCUT2D eigenvalue weighted by Crippen LogP contribution is -2.34. The minimum atomic E-state index is -0.853. The molecule has 0 heterocycles. The summed E-state index contributed by atoms with van der Waals surface area (Å²) in [4.78, 5) is 2.00. The van der Waals surface area contributed by atoms with Crippen LogP contribution < -0.4 is 0 Å². The van der Waals surface area contributed by atoms with E-state index in [0.717, 1.165) is 12.0 Å². The highest BCUT2D eigenvalue weighted by Gasteiger charge is 2.18. The van der Waals surface area contributed by atoms with Crippen molar-refractivity contribution in [3.63, 3.8) is 0 Å². The van der Waals surface area contributed by atoms with Crippen molar-refractivity contribution in [2.75, 3.05) is 13.6 Å². The first-order valence-electron chi connectivity index (χ1n) is 7.38. The highest BCUT2D eigenvalue weighted by atomic mass is 19.1. The number of hydrogen-bond acceptors (Lipinski definition) is 3. The van der Waals surface area contributed by atoms with Gasteiger partial charge in [0.05, 0.1) is 6.10 Å². The molecule has 0 radical (unpaired) electrons. The van der Waals surface area contributed by atoms with Crippen molar-refractivity contribution in [2.24, 2.45) is 0 Å². The molecule has 0 aliphatic carbocycles. The van der Waals surface area contributed by atoms with Gasteiger partial charge in [-0.25, -0.2) is 4.39 Å². The SMILES string of the molecule is CC(Cc1ccc(O)cc1)N(C)CC(O)c1ccccc1F. The van der Waals surface area contributed by atoms with Crippen LogP contribution in [0.1, 0.15) is 24.2 Å². The van der Waals surface area contributed by atoms with Crippen molar-refractivity contribution in [3.05, 3.63) is 65.5 Å². The number of rotatable bonds is 6. The van der Waals surface area contributed by atoms with Gasteiger partial charge in [-0.05, 0) is 44.2 Å². The Bertz CT molecular complexity index is 600. The fourth-order valence-electron chi connectivity index (χ4n) is 2.43. The van der Waals surface area contributed by atoms with Gasteiger partial charge in [0.15, 0.2) is 0 Å². The second-order valence-corrected chi connectivity index (χ2v) is 5.70. The third-order valence-corrected chi connectivity index (χ3v) is 3.95. The van der Waals surface area contributed by atoms with Gasteiger partial charge in [0, 0.05) is 18.2 Å². The summed E-state index contributed by atoms with van der Waals surface area (Å²) in [6, 6.07) is 13.6. The maximum absolute atomic E-state index is 13.7. The van der Waals surface area contributed by atoms with Crippen molar-refractivity contribution in [2.45, 2.75) is 25.5 Å². The Labute approximate surface area is 130 Å². The number of aliphatic hydroxyl groups is 1. The lowest BCUT2D eigenvalue weighted by molar-refractivity contribution is 0.105. The van der Waals surface area contributed by atoms with Gasteiger partial charge in [-0.15, -0.1) is 0 Å². The molecule has 2 rings (SSSR count). The number of aromatic hydroxyl groups is 1. The first kappa shape index (κ1) is 16.5. The smallest absolute Gasteiger partial charge is 0.129 e. The molecule has 2 aromatic carbocycles. The van der Waals surface area contributed by atoms with E-state index < -0.39 is 6.10 Å². The fraction of sp³-hybridized carbons (Fsp3) is 0.333. The topological polar surface area (TPSA) is 43.7 Å². The van der Waals surface area contributed by atoms with Crippen LogP contribution in [0.4, 0.5) is 4.39 Å². The Morgan fingerprint density at radius 3 is 2.36 bits per heavy atom. The van der Waals surface area contributed by atoms with Gasteiger partial charge >= 0.3 is 0 Å². The van der Waals surface area contributed by atoms with Crippen LogP contribution in [0, 0.1) is 5.82 Å². The Balaban J connectivity index is 1.94. The quantitative estimate of drug-likeness (QED) is 0.861. The number of halogens is 1. The van der Waals surface area contributed by atoms with Gasteiger partial charge in [0.25, 0.3) is 0 Å². The predicted molar refractivity (Wildman–Crippen MR) is 85.3 cm³/mol. The molecule has 4 heteroatoms. The number of aliphatic hydroxyl groups excluding tert-OH is 1. The zero-order chi connectivity index (χ0) is 16.1. The van der Waals surface area contributed by atoms with E-state index in [1.807, 2.05) is 24.1 Å². The molecular weight excluding hydrogens is 281 g/mol. The monoisotopic (exact) mass is 303 g/mol. The molecule has 3 nitrogen and oxygen atoms in total. The molecule has 0 aliphatic rings. The summed E-state index contributed by atoms with van der Waals surface area (Å²) in [6.45, 7) is 2.42. The summed E-state index contributed by atoms with van der Waals surface area (Å²) in [7, 11) is 1.91. The Kier molecular flexibility index (Phi) is 5.52. The van der Waals surface area contributed by atoms with Gasteiger partial charge in [-0.1, -0.05) is 30.3 Å². The van der Waals surface area contributed by atoms with E-state index in [0.29, 0.717) is 12.1 Å². The minimum Gasteiger partial charge on any atom is -0.508 e. The Morgan fingerprint density at radius 2 is 1.73 bits per heavy atom. The van der Waals surface area contributed by atoms with Crippen LogP contribution in [-0.2, 0) is 6.42 Å². The number of phenolic OH excluding ortho intramolecular Hbond substituents is 1. The third kappa shape index (κ3) is 4.29. The van der Waals surface area contributed by atoms with Crippen LogP contribution in [0.25, 0.3) is 0 Å². The van der Waals surface area contributed by atoms with E-state index in [9.17, 15) is 14.6 Å². The molecule has 0 saturated carbocycles. The second-order valence-electron chi connectivity index (χ2n) is 5.70. The number of phenols is 1. The summed E-state index contributed by atoms with van der Waals surface area (Å²) < 4.78 is 13.7. The van der Waals surface area contributed by atoms with Gasteiger partial charge in [0.1, 0.15) is 11.6 Å². The Hall–Kier alpha value is -1.91. The molecule has 2 aromatic rings. The molecule has 118 valence electrons. The molecular formula is C18H22FNO2. The maximum atomic E-state index is 13.7. The zero-order valence-corrected chi connectivity index (χ0v) is 12.9. The normalized spacial score (nSPS) is 14.0. The standard InChI is InChI=1S/C18H22FNO2/c1-13(11-14-7-9-15(21)10-8-14)20(2)12-18(22)16-5-3-4-6-17(16)19/h3-10,13,18,21-22H,11-12H2,1-2H3. The molecule has 0 amide bonds. The largest absolute Gasteiger partial charge is 0.508 e. The van der Waals surface area contributed by atoms with Gasteiger partial charge < -0.3 is 15.1 Å². The second kappa shape index (κ2) is 7.38. The van der Waals surface area contributed by atoms with Gasteiger partial charge in [-0.2, -0.15) is 0 Å². The molecule has 0 bridgehead atoms. The van der Waals surface area contributed by atoms with E-state index in [2.05, 4.69) is 6.92 Å². The fourth-order valence-corrected chi connectivity index (χ4v) is 2.43. The third-order valence-electron chi connectivity index (χ3n) is 3.95. The lowest BCUT2D eigenvalue weighted by Gasteiger charge is -2.27. The van der Waals surface area contributed by atoms with E-state index in [-0.39, 0.29) is 17.6 Å². The molecule has 0 spiro atoms. The van der Waals surface area contributed by atoms with Crippen LogP contribution in [0.15, 0.2) is 48.5 Å². The molecule has 2 N–H and O–H groups in total. The van der Waals surface area contributed by atoms with Crippen LogP contribution >= 0.6 is 0 Å². The first-order chi connectivity index (χ1) is 10.5. The van der Waals surface area contributed by atoms with Gasteiger partial charge in [0.2, 0.25) is 0 Å². The average Bonchev–Trinajstić information content (AvgIpc) is 2.49. The van der Waals surface area contributed by atoms with E-state index >= 15 is 0 Å². The van der Waals surface area contributed by atoms with Crippen molar-refractivity contribution >= 4 is 0 Å². The van der Waals surface area contributed by atoms with E-state index in [1.165, 1.54) is 6.07 Å². The summed E-state index contributed by atoms with van der Waals surface area (Å²) in [5.41, 5.74) is 1.43. The Morgan fingerprint density at radius 1 is 1.09 bits per heavy atom. The summed E-state index contributed by atoms with van der Waals surface area (Å²) >= 11 is 0. The lowest BCUT2D eigenvalue weighted by atomic mass is 10.0. The van der Waals surface area contributed by atoms with Crippen LogP contribution in [0.2, 0.25) is 0 Å². The van der Waals surface area contributed by atoms with Crippen molar-refractivity contribution in [1.29, 1.82) is 0 Å². The first-order valence-corrected chi connectivity index (χ1v) is 7.38. The zero-order valence-electron chi connectivity index (χ0n) is 12.9. The highest BCUT2D eigenvalue weighted by Crippen LogP contribution is 2.19. The molecule has 0 saturated heterocycles. The van der Waals surface area contributed by atoms with Crippen molar-refractivity contribution in [1.82, 2.24) is 4.90 Å².